The molecule has 0 fully saturated rings. The normalized spacial score (nSPS) is 12.9. The second-order valence-electron chi connectivity index (χ2n) is 12.0. The molecule has 4 aromatic rings. The summed E-state index contributed by atoms with van der Waals surface area (Å²) in [5.41, 5.74) is 4.47. The van der Waals surface area contributed by atoms with Crippen molar-refractivity contribution in [3.63, 3.8) is 0 Å². The first-order valence-corrected chi connectivity index (χ1v) is 18.2. The van der Waals surface area contributed by atoms with Crippen molar-refractivity contribution in [2.24, 2.45) is 0 Å². The van der Waals surface area contributed by atoms with Crippen LogP contribution in [0.4, 0.5) is 5.69 Å². The molecule has 1 N–H and O–H groups in total. The van der Waals surface area contributed by atoms with Crippen LogP contribution in [-0.2, 0) is 28.7 Å². The van der Waals surface area contributed by atoms with Crippen LogP contribution in [0, 0.1) is 6.92 Å². The lowest BCUT2D eigenvalue weighted by Gasteiger charge is -2.29. The van der Waals surface area contributed by atoms with Gasteiger partial charge >= 0.3 is 0 Å². The summed E-state index contributed by atoms with van der Waals surface area (Å²) in [4.78, 5) is 31.6. The molecule has 1 aliphatic rings. The van der Waals surface area contributed by atoms with Crippen LogP contribution in [0.15, 0.2) is 72.8 Å². The number of amides is 2. The highest BCUT2D eigenvalue weighted by Gasteiger charge is 2.29. The maximum Gasteiger partial charge on any atom is 0.275 e. The molecule has 0 spiro atoms. The average molecular weight is 676 g/mol. The van der Waals surface area contributed by atoms with Gasteiger partial charge < -0.3 is 9.80 Å². The van der Waals surface area contributed by atoms with E-state index in [2.05, 4.69) is 29.7 Å². The number of sulfonamides is 1. The van der Waals surface area contributed by atoms with Gasteiger partial charge in [-0.3, -0.25) is 14.3 Å². The van der Waals surface area contributed by atoms with E-state index in [0.717, 1.165) is 31.2 Å². The smallest absolute Gasteiger partial charge is 0.275 e. The minimum absolute atomic E-state index is 0.134. The second-order valence-corrected chi connectivity index (χ2v) is 14.1. The number of rotatable bonds is 13. The molecule has 0 unspecified atom stereocenters. The molecule has 9 nitrogen and oxygen atoms in total. The van der Waals surface area contributed by atoms with Gasteiger partial charge in [0, 0.05) is 31.9 Å². The fraction of sp³-hybridized carbons (Fsp3) is 0.361. The van der Waals surface area contributed by atoms with Crippen LogP contribution in [0.3, 0.4) is 0 Å². The molecule has 0 atom stereocenters. The zero-order valence-corrected chi connectivity index (χ0v) is 28.8. The van der Waals surface area contributed by atoms with E-state index in [4.69, 9.17) is 11.6 Å². The summed E-state index contributed by atoms with van der Waals surface area (Å²) >= 11 is 6.79. The fourth-order valence-electron chi connectivity index (χ4n) is 5.82. The standard InChI is InChI=1S/C36H42ClN5O4S/c1-4-6-20-40(21-7-5-2)36(44)34-33(37)26(3)42(38-34)32-18-17-30(39-47(45,46)25-27-13-9-8-10-14-27)23-31(32)35(43)41-22-19-28-15-11-12-16-29(28)24-41/h8-18,23,39H,4-7,19-22,24-25H2,1-3H3. The molecule has 3 aromatic carbocycles. The van der Waals surface area contributed by atoms with Gasteiger partial charge in [0.15, 0.2) is 5.69 Å². The number of fused-ring (bicyclic) bond motifs is 1. The van der Waals surface area contributed by atoms with Gasteiger partial charge in [-0.15, -0.1) is 0 Å². The number of benzene rings is 3. The van der Waals surface area contributed by atoms with E-state index >= 15 is 0 Å². The van der Waals surface area contributed by atoms with Crippen molar-refractivity contribution < 1.29 is 18.0 Å². The number of nitrogens with zero attached hydrogens (tertiary/aromatic N) is 4. The fourth-order valence-corrected chi connectivity index (χ4v) is 7.21. The molecule has 0 saturated carbocycles. The van der Waals surface area contributed by atoms with Gasteiger partial charge in [0.2, 0.25) is 10.0 Å². The number of hydrogen-bond acceptors (Lipinski definition) is 5. The SMILES string of the molecule is CCCCN(CCCC)C(=O)c1nn(-c2ccc(NS(=O)(=O)Cc3ccccc3)cc2C(=O)N2CCc3ccccc3C2)c(C)c1Cl. The van der Waals surface area contributed by atoms with Gasteiger partial charge in [-0.1, -0.05) is 92.9 Å². The number of halogens is 1. The highest BCUT2D eigenvalue weighted by molar-refractivity contribution is 7.91. The van der Waals surface area contributed by atoms with Crippen molar-refractivity contribution in [2.45, 2.75) is 65.2 Å². The third kappa shape index (κ3) is 8.05. The second kappa shape index (κ2) is 15.2. The molecule has 11 heteroatoms. The van der Waals surface area contributed by atoms with Crippen LogP contribution in [0.2, 0.25) is 5.02 Å². The van der Waals surface area contributed by atoms with Crippen molar-refractivity contribution in [3.05, 3.63) is 111 Å². The Hall–Kier alpha value is -4.15. The van der Waals surface area contributed by atoms with Crippen molar-refractivity contribution in [2.75, 3.05) is 24.4 Å². The molecule has 2 heterocycles. The van der Waals surface area contributed by atoms with E-state index < -0.39 is 10.0 Å². The van der Waals surface area contributed by atoms with Gasteiger partial charge in [-0.2, -0.15) is 5.10 Å². The van der Waals surface area contributed by atoms with Gasteiger partial charge in [0.1, 0.15) is 0 Å². The summed E-state index contributed by atoms with van der Waals surface area (Å²) in [5.74, 6) is -0.734. The monoisotopic (exact) mass is 675 g/mol. The van der Waals surface area contributed by atoms with Crippen molar-refractivity contribution in [1.82, 2.24) is 19.6 Å². The van der Waals surface area contributed by atoms with E-state index in [1.165, 1.54) is 10.2 Å². The van der Waals surface area contributed by atoms with Crippen LogP contribution < -0.4 is 4.72 Å². The van der Waals surface area contributed by atoms with Gasteiger partial charge in [-0.25, -0.2) is 13.1 Å². The van der Waals surface area contributed by atoms with Crippen LogP contribution >= 0.6 is 11.6 Å². The summed E-state index contributed by atoms with van der Waals surface area (Å²) in [6.45, 7) is 8.07. The first-order valence-electron chi connectivity index (χ1n) is 16.2. The lowest BCUT2D eigenvalue weighted by Crippen LogP contribution is -2.36. The van der Waals surface area contributed by atoms with E-state index in [-0.39, 0.29) is 39.5 Å². The van der Waals surface area contributed by atoms with Gasteiger partial charge in [0.05, 0.1) is 27.7 Å². The molecule has 47 heavy (non-hydrogen) atoms. The number of nitrogens with one attached hydrogen (secondary N) is 1. The maximum atomic E-state index is 14.3. The number of anilines is 1. The largest absolute Gasteiger partial charge is 0.337 e. The molecule has 0 bridgehead atoms. The van der Waals surface area contributed by atoms with Crippen LogP contribution in [-0.4, -0.2) is 59.4 Å². The Bertz CT molecular complexity index is 1830. The zero-order chi connectivity index (χ0) is 33.6. The molecule has 1 aromatic heterocycles. The first kappa shape index (κ1) is 34.2. The highest BCUT2D eigenvalue weighted by Crippen LogP contribution is 2.30. The van der Waals surface area contributed by atoms with Crippen LogP contribution in [0.1, 0.15) is 82.8 Å². The van der Waals surface area contributed by atoms with E-state index in [1.54, 1.807) is 59.2 Å². The highest BCUT2D eigenvalue weighted by atomic mass is 35.5. The summed E-state index contributed by atoms with van der Waals surface area (Å²) in [7, 11) is -3.79. The summed E-state index contributed by atoms with van der Waals surface area (Å²) in [6, 6.07) is 21.7. The first-order chi connectivity index (χ1) is 22.6. The van der Waals surface area contributed by atoms with E-state index in [9.17, 15) is 18.0 Å². The van der Waals surface area contributed by atoms with E-state index in [0.29, 0.717) is 49.5 Å². The lowest BCUT2D eigenvalue weighted by molar-refractivity contribution is 0.0732. The van der Waals surface area contributed by atoms with Crippen LogP contribution in [0.25, 0.3) is 5.69 Å². The Balaban J connectivity index is 1.53. The summed E-state index contributed by atoms with van der Waals surface area (Å²) in [6.07, 6.45) is 4.34. The van der Waals surface area contributed by atoms with Gasteiger partial charge in [-0.05, 0) is 61.1 Å². The maximum absolute atomic E-state index is 14.3. The Morgan fingerprint density at radius 2 is 1.60 bits per heavy atom. The van der Waals surface area contributed by atoms with Crippen LogP contribution in [0.5, 0.6) is 0 Å². The average Bonchev–Trinajstić information content (AvgIpc) is 3.37. The molecule has 1 aliphatic heterocycles. The summed E-state index contributed by atoms with van der Waals surface area (Å²) in [5, 5.41) is 4.91. The third-order valence-corrected chi connectivity index (χ3v) is 10.2. The number of hydrogen-bond donors (Lipinski definition) is 1. The summed E-state index contributed by atoms with van der Waals surface area (Å²) < 4.78 is 30.5. The van der Waals surface area contributed by atoms with Crippen molar-refractivity contribution in [3.8, 4) is 5.69 Å². The predicted octanol–water partition coefficient (Wildman–Crippen LogP) is 7.02. The number of carbonyl (C=O) groups excluding carboxylic acids is 2. The predicted molar refractivity (Wildman–Crippen MR) is 187 cm³/mol. The molecule has 0 radical (unpaired) electrons. The minimum atomic E-state index is -3.79. The van der Waals surface area contributed by atoms with Crippen molar-refractivity contribution in [1.29, 1.82) is 0 Å². The molecule has 2 amide bonds. The lowest BCUT2D eigenvalue weighted by atomic mass is 9.99. The quantitative estimate of drug-likeness (QED) is 0.164. The molecule has 5 rings (SSSR count). The molecule has 248 valence electrons. The number of aromatic nitrogens is 2. The number of unbranched alkanes of at least 4 members (excludes halogenated alkanes) is 2. The zero-order valence-electron chi connectivity index (χ0n) is 27.2. The minimum Gasteiger partial charge on any atom is -0.337 e. The third-order valence-electron chi connectivity index (χ3n) is 8.44. The number of carbonyl (C=O) groups is 2. The molecular weight excluding hydrogens is 634 g/mol. The molecule has 0 aliphatic carbocycles. The Kier molecular flexibility index (Phi) is 11.0. The Morgan fingerprint density at radius 3 is 2.28 bits per heavy atom. The van der Waals surface area contributed by atoms with E-state index in [1.807, 2.05) is 24.3 Å². The molecular formula is C36H42ClN5O4S. The molecule has 0 saturated heterocycles. The Labute approximate surface area is 282 Å². The van der Waals surface area contributed by atoms with Crippen molar-refractivity contribution >= 4 is 39.1 Å². The van der Waals surface area contributed by atoms with Gasteiger partial charge in [0.25, 0.3) is 11.8 Å². The Morgan fingerprint density at radius 1 is 0.936 bits per heavy atom. The topological polar surface area (TPSA) is 105 Å².